The highest BCUT2D eigenvalue weighted by molar-refractivity contribution is 5.76. The average Bonchev–Trinajstić information content (AvgIpc) is 2.57. The van der Waals surface area contributed by atoms with Crippen molar-refractivity contribution in [2.24, 2.45) is 17.8 Å². The van der Waals surface area contributed by atoms with Gasteiger partial charge in [-0.15, -0.1) is 0 Å². The molecule has 4 aliphatic rings. The summed E-state index contributed by atoms with van der Waals surface area (Å²) in [4.78, 5) is 12.4. The number of nitrogens with one attached hydrogen (secondary N) is 1. The molecule has 0 atom stereocenters. The van der Waals surface area contributed by atoms with Gasteiger partial charge in [-0.2, -0.15) is 0 Å². The van der Waals surface area contributed by atoms with Crippen molar-refractivity contribution in [3.63, 3.8) is 0 Å². The maximum atomic E-state index is 12.4. The van der Waals surface area contributed by atoms with Crippen molar-refractivity contribution in [1.82, 2.24) is 5.32 Å². The van der Waals surface area contributed by atoms with Crippen LogP contribution in [0.3, 0.4) is 0 Å². The lowest BCUT2D eigenvalue weighted by Crippen LogP contribution is -2.59. The Balaban J connectivity index is 1.20. The van der Waals surface area contributed by atoms with Crippen molar-refractivity contribution < 1.29 is 14.3 Å². The molecular formula is C21H29NO3. The summed E-state index contributed by atoms with van der Waals surface area (Å²) in [5.74, 6) is 4.45. The van der Waals surface area contributed by atoms with Crippen LogP contribution in [0, 0.1) is 17.8 Å². The number of amides is 1. The topological polar surface area (TPSA) is 47.6 Å². The zero-order valence-corrected chi connectivity index (χ0v) is 15.1. The molecule has 1 aromatic rings. The van der Waals surface area contributed by atoms with E-state index in [-0.39, 0.29) is 11.4 Å². The molecule has 4 aliphatic carbocycles. The van der Waals surface area contributed by atoms with Crippen molar-refractivity contribution in [3.05, 3.63) is 24.3 Å². The summed E-state index contributed by atoms with van der Waals surface area (Å²) in [5.41, 5.74) is 0.128. The van der Waals surface area contributed by atoms with Gasteiger partial charge in [0, 0.05) is 12.0 Å². The number of hydrogen-bond acceptors (Lipinski definition) is 3. The van der Waals surface area contributed by atoms with Gasteiger partial charge in [-0.25, -0.2) is 0 Å². The molecule has 1 amide bonds. The number of carbonyl (C=O) groups excluding carboxylic acids is 1. The summed E-state index contributed by atoms with van der Waals surface area (Å²) in [7, 11) is 1.65. The maximum absolute atomic E-state index is 12.4. The number of hydrogen-bond donors (Lipinski definition) is 1. The minimum atomic E-state index is 0.128. The second-order valence-electron chi connectivity index (χ2n) is 8.37. The molecule has 0 saturated heterocycles. The highest BCUT2D eigenvalue weighted by Crippen LogP contribution is 2.55. The lowest BCUT2D eigenvalue weighted by molar-refractivity contribution is -0.127. The Kier molecular flexibility index (Phi) is 4.61. The van der Waals surface area contributed by atoms with E-state index >= 15 is 0 Å². The molecule has 4 saturated carbocycles. The molecule has 0 heterocycles. The van der Waals surface area contributed by atoms with Crippen LogP contribution in [-0.2, 0) is 4.79 Å². The van der Waals surface area contributed by atoms with Crippen molar-refractivity contribution in [2.45, 2.75) is 56.9 Å². The summed E-state index contributed by atoms with van der Waals surface area (Å²) in [6.07, 6.45) is 9.18. The van der Waals surface area contributed by atoms with E-state index in [2.05, 4.69) is 5.32 Å². The standard InChI is InChI=1S/C21H29NO3/c1-24-18-4-6-19(7-5-18)25-8-2-3-20(23)22-21-12-15-9-16(13-21)11-17(10-15)14-21/h4-7,15-17H,2-3,8-14H2,1H3,(H,22,23). The predicted octanol–water partition coefficient (Wildman–Crippen LogP) is 3.94. The third-order valence-corrected chi connectivity index (χ3v) is 6.32. The maximum Gasteiger partial charge on any atom is 0.220 e. The first-order chi connectivity index (χ1) is 12.1. The van der Waals surface area contributed by atoms with E-state index in [4.69, 9.17) is 9.47 Å². The van der Waals surface area contributed by atoms with Gasteiger partial charge in [-0.05, 0) is 87.0 Å². The molecule has 5 rings (SSSR count). The Morgan fingerprint density at radius 1 is 1.04 bits per heavy atom. The van der Waals surface area contributed by atoms with Gasteiger partial charge in [0.25, 0.3) is 0 Å². The fourth-order valence-electron chi connectivity index (χ4n) is 5.72. The van der Waals surface area contributed by atoms with Gasteiger partial charge < -0.3 is 14.8 Å². The third-order valence-electron chi connectivity index (χ3n) is 6.32. The van der Waals surface area contributed by atoms with Gasteiger partial charge in [-0.3, -0.25) is 4.79 Å². The number of rotatable bonds is 7. The average molecular weight is 343 g/mol. The molecule has 1 N–H and O–H groups in total. The van der Waals surface area contributed by atoms with E-state index < -0.39 is 0 Å². The molecule has 4 heteroatoms. The molecule has 136 valence electrons. The number of ether oxygens (including phenoxy) is 2. The van der Waals surface area contributed by atoms with Crippen molar-refractivity contribution in [1.29, 1.82) is 0 Å². The first-order valence-electron chi connectivity index (χ1n) is 9.72. The fourth-order valence-corrected chi connectivity index (χ4v) is 5.72. The van der Waals surface area contributed by atoms with Crippen LogP contribution >= 0.6 is 0 Å². The summed E-state index contributed by atoms with van der Waals surface area (Å²) in [5, 5.41) is 3.43. The monoisotopic (exact) mass is 343 g/mol. The van der Waals surface area contributed by atoms with Gasteiger partial charge in [0.15, 0.2) is 0 Å². The highest BCUT2D eigenvalue weighted by atomic mass is 16.5. The lowest BCUT2D eigenvalue weighted by Gasteiger charge is -2.56. The molecule has 0 aromatic heterocycles. The quantitative estimate of drug-likeness (QED) is 0.763. The molecular weight excluding hydrogens is 314 g/mol. The number of carbonyl (C=O) groups is 1. The Hall–Kier alpha value is -1.71. The molecule has 1 aromatic carbocycles. The molecule has 0 radical (unpaired) electrons. The van der Waals surface area contributed by atoms with E-state index in [0.717, 1.165) is 35.7 Å². The first-order valence-corrected chi connectivity index (χ1v) is 9.72. The van der Waals surface area contributed by atoms with Gasteiger partial charge in [0.05, 0.1) is 13.7 Å². The fraction of sp³-hybridized carbons (Fsp3) is 0.667. The van der Waals surface area contributed by atoms with Crippen LogP contribution in [-0.4, -0.2) is 25.2 Å². The van der Waals surface area contributed by atoms with Crippen LogP contribution in [0.2, 0.25) is 0 Å². The van der Waals surface area contributed by atoms with E-state index in [1.807, 2.05) is 24.3 Å². The third kappa shape index (κ3) is 3.78. The molecule has 25 heavy (non-hydrogen) atoms. The Morgan fingerprint density at radius 2 is 1.60 bits per heavy atom. The Labute approximate surface area is 150 Å². The minimum absolute atomic E-state index is 0.128. The minimum Gasteiger partial charge on any atom is -0.497 e. The normalized spacial score (nSPS) is 32.4. The Morgan fingerprint density at radius 3 is 2.16 bits per heavy atom. The van der Waals surface area contributed by atoms with Crippen LogP contribution in [0.15, 0.2) is 24.3 Å². The number of methoxy groups -OCH3 is 1. The van der Waals surface area contributed by atoms with E-state index in [1.54, 1.807) is 7.11 Å². The van der Waals surface area contributed by atoms with Crippen LogP contribution < -0.4 is 14.8 Å². The summed E-state index contributed by atoms with van der Waals surface area (Å²) >= 11 is 0. The Bertz CT molecular complexity index is 575. The lowest BCUT2D eigenvalue weighted by atomic mass is 9.53. The molecule has 4 bridgehead atoms. The van der Waals surface area contributed by atoms with Gasteiger partial charge >= 0.3 is 0 Å². The van der Waals surface area contributed by atoms with Crippen LogP contribution in [0.4, 0.5) is 0 Å². The van der Waals surface area contributed by atoms with Crippen LogP contribution in [0.5, 0.6) is 11.5 Å². The molecule has 4 fully saturated rings. The number of benzene rings is 1. The molecule has 0 aliphatic heterocycles. The highest BCUT2D eigenvalue weighted by Gasteiger charge is 2.51. The molecule has 0 spiro atoms. The van der Waals surface area contributed by atoms with Crippen molar-refractivity contribution in [2.75, 3.05) is 13.7 Å². The van der Waals surface area contributed by atoms with Crippen molar-refractivity contribution >= 4 is 5.91 Å². The molecule has 4 nitrogen and oxygen atoms in total. The molecule has 0 unspecified atom stereocenters. The van der Waals surface area contributed by atoms with Crippen LogP contribution in [0.25, 0.3) is 0 Å². The SMILES string of the molecule is COc1ccc(OCCCC(=O)NC23CC4CC(CC(C4)C2)C3)cc1. The van der Waals surface area contributed by atoms with E-state index in [0.29, 0.717) is 13.0 Å². The predicted molar refractivity (Wildman–Crippen MR) is 96.8 cm³/mol. The summed E-state index contributed by atoms with van der Waals surface area (Å²) in [6.45, 7) is 0.570. The first kappa shape index (κ1) is 16.7. The summed E-state index contributed by atoms with van der Waals surface area (Å²) < 4.78 is 10.8. The second kappa shape index (κ2) is 6.89. The zero-order valence-electron chi connectivity index (χ0n) is 15.1. The zero-order chi connectivity index (χ0) is 17.3. The summed E-state index contributed by atoms with van der Waals surface area (Å²) in [6, 6.07) is 7.56. The smallest absolute Gasteiger partial charge is 0.220 e. The largest absolute Gasteiger partial charge is 0.497 e. The van der Waals surface area contributed by atoms with E-state index in [9.17, 15) is 4.79 Å². The van der Waals surface area contributed by atoms with Gasteiger partial charge in [0.2, 0.25) is 5.91 Å². The van der Waals surface area contributed by atoms with Crippen molar-refractivity contribution in [3.8, 4) is 11.5 Å². The van der Waals surface area contributed by atoms with Crippen LogP contribution in [0.1, 0.15) is 51.4 Å². The van der Waals surface area contributed by atoms with Gasteiger partial charge in [0.1, 0.15) is 11.5 Å². The second-order valence-corrected chi connectivity index (χ2v) is 8.37. The van der Waals surface area contributed by atoms with E-state index in [1.165, 1.54) is 38.5 Å². The van der Waals surface area contributed by atoms with Gasteiger partial charge in [-0.1, -0.05) is 0 Å².